The maximum absolute atomic E-state index is 11.5. The zero-order valence-corrected chi connectivity index (χ0v) is 8.97. The van der Waals surface area contributed by atoms with Gasteiger partial charge in [-0.1, -0.05) is 18.2 Å². The number of benzene rings is 1. The SMILES string of the molecule is Cc1ccccc1-n1cccc1C(=O)NN. The first kappa shape index (κ1) is 10.4. The van der Waals surface area contributed by atoms with Crippen molar-refractivity contribution in [2.24, 2.45) is 5.84 Å². The summed E-state index contributed by atoms with van der Waals surface area (Å²) in [6.45, 7) is 2.00. The third kappa shape index (κ3) is 1.70. The second-order valence-corrected chi connectivity index (χ2v) is 3.52. The summed E-state index contributed by atoms with van der Waals surface area (Å²) >= 11 is 0. The van der Waals surface area contributed by atoms with Crippen LogP contribution in [-0.4, -0.2) is 10.5 Å². The molecule has 0 atom stereocenters. The van der Waals surface area contributed by atoms with E-state index in [4.69, 9.17) is 5.84 Å². The molecular formula is C12H13N3O. The number of carbonyl (C=O) groups is 1. The van der Waals surface area contributed by atoms with Gasteiger partial charge < -0.3 is 4.57 Å². The van der Waals surface area contributed by atoms with Crippen LogP contribution in [0.25, 0.3) is 5.69 Å². The average Bonchev–Trinajstić information content (AvgIpc) is 2.77. The van der Waals surface area contributed by atoms with Gasteiger partial charge in [0.1, 0.15) is 5.69 Å². The molecule has 4 heteroatoms. The maximum atomic E-state index is 11.5. The molecule has 0 radical (unpaired) electrons. The number of hydrogen-bond donors (Lipinski definition) is 2. The molecule has 0 unspecified atom stereocenters. The van der Waals surface area contributed by atoms with Crippen molar-refractivity contribution < 1.29 is 4.79 Å². The highest BCUT2D eigenvalue weighted by Gasteiger charge is 2.11. The highest BCUT2D eigenvalue weighted by molar-refractivity contribution is 5.92. The van der Waals surface area contributed by atoms with Gasteiger partial charge in [0.15, 0.2) is 0 Å². The van der Waals surface area contributed by atoms with Gasteiger partial charge in [-0.2, -0.15) is 0 Å². The second kappa shape index (κ2) is 4.20. The molecule has 16 heavy (non-hydrogen) atoms. The van der Waals surface area contributed by atoms with Crippen LogP contribution < -0.4 is 11.3 Å². The lowest BCUT2D eigenvalue weighted by atomic mass is 10.2. The highest BCUT2D eigenvalue weighted by atomic mass is 16.2. The number of aryl methyl sites for hydroxylation is 1. The summed E-state index contributed by atoms with van der Waals surface area (Å²) in [5.74, 6) is 4.84. The number of amides is 1. The van der Waals surface area contributed by atoms with Crippen LogP contribution in [0.1, 0.15) is 16.1 Å². The normalized spacial score (nSPS) is 10.1. The van der Waals surface area contributed by atoms with Crippen molar-refractivity contribution in [3.05, 3.63) is 53.9 Å². The summed E-state index contributed by atoms with van der Waals surface area (Å²) in [5, 5.41) is 0. The summed E-state index contributed by atoms with van der Waals surface area (Å²) < 4.78 is 1.82. The Morgan fingerprint density at radius 1 is 1.25 bits per heavy atom. The van der Waals surface area contributed by atoms with Crippen LogP contribution >= 0.6 is 0 Å². The Morgan fingerprint density at radius 3 is 2.69 bits per heavy atom. The smallest absolute Gasteiger partial charge is 0.282 e. The first-order chi connectivity index (χ1) is 7.74. The number of aromatic nitrogens is 1. The van der Waals surface area contributed by atoms with Crippen molar-refractivity contribution in [3.8, 4) is 5.69 Å². The van der Waals surface area contributed by atoms with E-state index in [2.05, 4.69) is 5.43 Å². The van der Waals surface area contributed by atoms with Crippen LogP contribution in [0.5, 0.6) is 0 Å². The molecule has 0 spiro atoms. The van der Waals surface area contributed by atoms with Gasteiger partial charge in [-0.05, 0) is 30.7 Å². The number of carbonyl (C=O) groups excluding carboxylic acids is 1. The zero-order chi connectivity index (χ0) is 11.5. The Balaban J connectivity index is 2.53. The molecule has 0 aliphatic rings. The number of nitrogen functional groups attached to an aromatic ring is 1. The summed E-state index contributed by atoms with van der Waals surface area (Å²) in [4.78, 5) is 11.5. The molecule has 0 aliphatic carbocycles. The van der Waals surface area contributed by atoms with E-state index in [1.165, 1.54) is 0 Å². The molecule has 2 rings (SSSR count). The monoisotopic (exact) mass is 215 g/mol. The molecule has 3 N–H and O–H groups in total. The molecule has 1 amide bonds. The maximum Gasteiger partial charge on any atom is 0.282 e. The molecule has 0 aliphatic heterocycles. The molecule has 4 nitrogen and oxygen atoms in total. The Hall–Kier alpha value is -2.07. The largest absolute Gasteiger partial charge is 0.312 e. The van der Waals surface area contributed by atoms with Crippen molar-refractivity contribution in [1.29, 1.82) is 0 Å². The number of rotatable bonds is 2. The van der Waals surface area contributed by atoms with Gasteiger partial charge in [-0.25, -0.2) is 5.84 Å². The van der Waals surface area contributed by atoms with E-state index in [0.717, 1.165) is 11.3 Å². The third-order valence-corrected chi connectivity index (χ3v) is 2.49. The van der Waals surface area contributed by atoms with E-state index in [-0.39, 0.29) is 5.91 Å². The standard InChI is InChI=1S/C12H13N3O/c1-9-5-2-3-6-10(9)15-8-4-7-11(15)12(16)14-13/h2-8H,13H2,1H3,(H,14,16). The molecule has 1 heterocycles. The highest BCUT2D eigenvalue weighted by Crippen LogP contribution is 2.16. The lowest BCUT2D eigenvalue weighted by Crippen LogP contribution is -2.31. The van der Waals surface area contributed by atoms with Crippen molar-refractivity contribution in [3.63, 3.8) is 0 Å². The minimum absolute atomic E-state index is 0.298. The quantitative estimate of drug-likeness (QED) is 0.452. The molecule has 2 aromatic rings. The Kier molecular flexibility index (Phi) is 2.74. The minimum Gasteiger partial charge on any atom is -0.312 e. The molecule has 0 saturated heterocycles. The van der Waals surface area contributed by atoms with E-state index < -0.39 is 0 Å². The number of nitrogens with zero attached hydrogens (tertiary/aromatic N) is 1. The number of nitrogens with two attached hydrogens (primary N) is 1. The van der Waals surface area contributed by atoms with E-state index in [1.807, 2.05) is 48.0 Å². The molecular weight excluding hydrogens is 202 g/mol. The summed E-state index contributed by atoms with van der Waals surface area (Å²) in [6.07, 6.45) is 1.84. The fourth-order valence-electron chi connectivity index (χ4n) is 1.68. The van der Waals surface area contributed by atoms with Gasteiger partial charge in [0.2, 0.25) is 0 Å². The third-order valence-electron chi connectivity index (χ3n) is 2.49. The number of para-hydroxylation sites is 1. The van der Waals surface area contributed by atoms with Crippen LogP contribution in [0.3, 0.4) is 0 Å². The van der Waals surface area contributed by atoms with Crippen molar-refractivity contribution in [1.82, 2.24) is 9.99 Å². The number of hydrogen-bond acceptors (Lipinski definition) is 2. The Bertz CT molecular complexity index is 516. The van der Waals surface area contributed by atoms with Crippen LogP contribution in [0.4, 0.5) is 0 Å². The van der Waals surface area contributed by atoms with Crippen molar-refractivity contribution >= 4 is 5.91 Å². The fourth-order valence-corrected chi connectivity index (χ4v) is 1.68. The Morgan fingerprint density at radius 2 is 2.00 bits per heavy atom. The van der Waals surface area contributed by atoms with Crippen molar-refractivity contribution in [2.75, 3.05) is 0 Å². The Labute approximate surface area is 93.7 Å². The average molecular weight is 215 g/mol. The van der Waals surface area contributed by atoms with Gasteiger partial charge in [-0.3, -0.25) is 10.2 Å². The lowest BCUT2D eigenvalue weighted by molar-refractivity contribution is 0.0947. The number of hydrazine groups is 1. The topological polar surface area (TPSA) is 60.0 Å². The van der Waals surface area contributed by atoms with Crippen LogP contribution in [0.15, 0.2) is 42.6 Å². The van der Waals surface area contributed by atoms with E-state index in [1.54, 1.807) is 6.07 Å². The summed E-state index contributed by atoms with van der Waals surface area (Å²) in [5.41, 5.74) is 4.74. The van der Waals surface area contributed by atoms with Gasteiger partial charge >= 0.3 is 0 Å². The molecule has 0 fully saturated rings. The first-order valence-corrected chi connectivity index (χ1v) is 4.98. The van der Waals surface area contributed by atoms with Gasteiger partial charge in [-0.15, -0.1) is 0 Å². The van der Waals surface area contributed by atoms with Crippen LogP contribution in [0.2, 0.25) is 0 Å². The van der Waals surface area contributed by atoms with E-state index in [0.29, 0.717) is 5.69 Å². The summed E-state index contributed by atoms with van der Waals surface area (Å²) in [6, 6.07) is 11.4. The number of nitrogens with one attached hydrogen (secondary N) is 1. The lowest BCUT2D eigenvalue weighted by Gasteiger charge is -2.10. The molecule has 1 aromatic heterocycles. The van der Waals surface area contributed by atoms with E-state index in [9.17, 15) is 4.79 Å². The van der Waals surface area contributed by atoms with Crippen molar-refractivity contribution in [2.45, 2.75) is 6.92 Å². The van der Waals surface area contributed by atoms with Gasteiger partial charge in [0.25, 0.3) is 5.91 Å². The predicted octanol–water partition coefficient (Wildman–Crippen LogP) is 1.39. The molecule has 1 aromatic carbocycles. The minimum atomic E-state index is -0.298. The zero-order valence-electron chi connectivity index (χ0n) is 8.97. The first-order valence-electron chi connectivity index (χ1n) is 4.98. The van der Waals surface area contributed by atoms with Gasteiger partial charge in [0.05, 0.1) is 0 Å². The summed E-state index contributed by atoms with van der Waals surface area (Å²) in [7, 11) is 0. The van der Waals surface area contributed by atoms with Crippen LogP contribution in [0, 0.1) is 6.92 Å². The fraction of sp³-hybridized carbons (Fsp3) is 0.0833. The van der Waals surface area contributed by atoms with Gasteiger partial charge in [0, 0.05) is 11.9 Å². The van der Waals surface area contributed by atoms with Crippen LogP contribution in [-0.2, 0) is 0 Å². The predicted molar refractivity (Wildman–Crippen MR) is 62.2 cm³/mol. The van der Waals surface area contributed by atoms with E-state index >= 15 is 0 Å². The molecule has 0 bridgehead atoms. The second-order valence-electron chi connectivity index (χ2n) is 3.52. The molecule has 0 saturated carbocycles. The molecule has 82 valence electrons.